The zero-order valence-corrected chi connectivity index (χ0v) is 19.3. The number of carbonyl (C=O) groups is 1. The lowest BCUT2D eigenvalue weighted by Gasteiger charge is -2.15. The Balaban J connectivity index is 3.58. The molecule has 1 unspecified atom stereocenters. The van der Waals surface area contributed by atoms with E-state index in [1.165, 1.54) is 116 Å². The topological polar surface area (TPSA) is 17.1 Å². The molecule has 0 N–H and O–H groups in total. The minimum Gasteiger partial charge on any atom is -0.299 e. The molecule has 0 aliphatic heterocycles. The van der Waals surface area contributed by atoms with Crippen molar-refractivity contribution >= 4 is 5.78 Å². The summed E-state index contributed by atoms with van der Waals surface area (Å²) in [5, 5.41) is 0. The van der Waals surface area contributed by atoms with Crippen molar-refractivity contribution in [3.63, 3.8) is 0 Å². The van der Waals surface area contributed by atoms with E-state index in [1.807, 2.05) is 6.92 Å². The summed E-state index contributed by atoms with van der Waals surface area (Å²) in [4.78, 5) is 12.2. The predicted molar refractivity (Wildman–Crippen MR) is 122 cm³/mol. The number of carbonyl (C=O) groups excluding carboxylic acids is 1. The molecule has 0 radical (unpaired) electrons. The Kier molecular flexibility index (Phi) is 21.7. The van der Waals surface area contributed by atoms with Gasteiger partial charge in [-0.15, -0.1) is 0 Å². The SMILES string of the molecule is CCCCCCCCCCCCCC(CCCCCCCCC)C(=O)CC. The van der Waals surface area contributed by atoms with Crippen LogP contribution in [0.5, 0.6) is 0 Å². The standard InChI is InChI=1S/C26H52O/c1-4-7-9-11-13-14-15-16-18-20-22-24-25(26(27)6-3)23-21-19-17-12-10-8-5-2/h25H,4-24H2,1-3H3. The number of hydrogen-bond acceptors (Lipinski definition) is 1. The summed E-state index contributed by atoms with van der Waals surface area (Å²) in [7, 11) is 0. The van der Waals surface area contributed by atoms with Crippen LogP contribution in [0.15, 0.2) is 0 Å². The van der Waals surface area contributed by atoms with Crippen LogP contribution in [-0.2, 0) is 4.79 Å². The second-order valence-corrected chi connectivity index (χ2v) is 8.75. The summed E-state index contributed by atoms with van der Waals surface area (Å²) in [6.45, 7) is 6.60. The Hall–Kier alpha value is -0.330. The fraction of sp³-hybridized carbons (Fsp3) is 0.962. The van der Waals surface area contributed by atoms with Gasteiger partial charge in [0.1, 0.15) is 5.78 Å². The molecule has 0 rings (SSSR count). The number of ketones is 1. The number of hydrogen-bond donors (Lipinski definition) is 0. The Morgan fingerprint density at radius 3 is 1.07 bits per heavy atom. The predicted octanol–water partition coefficient (Wildman–Crippen LogP) is 9.42. The van der Waals surface area contributed by atoms with Gasteiger partial charge >= 0.3 is 0 Å². The second-order valence-electron chi connectivity index (χ2n) is 8.75. The highest BCUT2D eigenvalue weighted by molar-refractivity contribution is 5.80. The van der Waals surface area contributed by atoms with Gasteiger partial charge in [-0.2, -0.15) is 0 Å². The van der Waals surface area contributed by atoms with Crippen LogP contribution in [0.4, 0.5) is 0 Å². The van der Waals surface area contributed by atoms with Crippen molar-refractivity contribution in [3.05, 3.63) is 0 Å². The molecule has 162 valence electrons. The molecule has 1 heteroatoms. The molecule has 0 heterocycles. The van der Waals surface area contributed by atoms with E-state index in [1.54, 1.807) is 0 Å². The molecule has 0 aliphatic carbocycles. The van der Waals surface area contributed by atoms with Crippen LogP contribution in [0.1, 0.15) is 156 Å². The average molecular weight is 381 g/mol. The summed E-state index contributed by atoms with van der Waals surface area (Å²) in [5.41, 5.74) is 0. The minimum atomic E-state index is 0.365. The van der Waals surface area contributed by atoms with E-state index < -0.39 is 0 Å². The molecule has 0 amide bonds. The van der Waals surface area contributed by atoms with Crippen LogP contribution < -0.4 is 0 Å². The van der Waals surface area contributed by atoms with E-state index in [-0.39, 0.29) is 0 Å². The third-order valence-electron chi connectivity index (χ3n) is 6.12. The summed E-state index contributed by atoms with van der Waals surface area (Å²) in [6.07, 6.45) is 27.8. The lowest BCUT2D eigenvalue weighted by molar-refractivity contribution is -0.123. The quantitative estimate of drug-likeness (QED) is 0.171. The maximum Gasteiger partial charge on any atom is 0.135 e. The molecule has 27 heavy (non-hydrogen) atoms. The third-order valence-corrected chi connectivity index (χ3v) is 6.12. The molecule has 0 aromatic carbocycles. The molecule has 1 atom stereocenters. The molecule has 0 aromatic rings. The third kappa shape index (κ3) is 18.8. The van der Waals surface area contributed by atoms with Gasteiger partial charge in [0.05, 0.1) is 0 Å². The number of unbranched alkanes of at least 4 members (excludes halogenated alkanes) is 16. The van der Waals surface area contributed by atoms with Crippen LogP contribution in [0.2, 0.25) is 0 Å². The van der Waals surface area contributed by atoms with Crippen LogP contribution in [0.25, 0.3) is 0 Å². The normalized spacial score (nSPS) is 12.4. The Morgan fingerprint density at radius 1 is 0.481 bits per heavy atom. The van der Waals surface area contributed by atoms with Crippen molar-refractivity contribution in [3.8, 4) is 0 Å². The average Bonchev–Trinajstić information content (AvgIpc) is 2.69. The van der Waals surface area contributed by atoms with Crippen molar-refractivity contribution in [2.45, 2.75) is 156 Å². The van der Waals surface area contributed by atoms with Crippen molar-refractivity contribution in [2.75, 3.05) is 0 Å². The van der Waals surface area contributed by atoms with Crippen LogP contribution in [0, 0.1) is 5.92 Å². The fourth-order valence-electron chi connectivity index (χ4n) is 4.16. The Labute approximate surface area is 172 Å². The summed E-state index contributed by atoms with van der Waals surface area (Å²) in [5.74, 6) is 0.886. The molecule has 0 bridgehead atoms. The highest BCUT2D eigenvalue weighted by Gasteiger charge is 2.15. The first-order chi connectivity index (χ1) is 13.3. The van der Waals surface area contributed by atoms with Crippen molar-refractivity contribution in [1.82, 2.24) is 0 Å². The first-order valence-electron chi connectivity index (χ1n) is 12.8. The van der Waals surface area contributed by atoms with Gasteiger partial charge in [-0.25, -0.2) is 0 Å². The first-order valence-corrected chi connectivity index (χ1v) is 12.8. The second kappa shape index (κ2) is 22.0. The lowest BCUT2D eigenvalue weighted by atomic mass is 9.89. The van der Waals surface area contributed by atoms with Crippen molar-refractivity contribution in [2.24, 2.45) is 5.92 Å². The highest BCUT2D eigenvalue weighted by Crippen LogP contribution is 2.21. The fourth-order valence-corrected chi connectivity index (χ4v) is 4.16. The van der Waals surface area contributed by atoms with Crippen LogP contribution >= 0.6 is 0 Å². The van der Waals surface area contributed by atoms with Gasteiger partial charge in [-0.05, 0) is 12.8 Å². The van der Waals surface area contributed by atoms with E-state index in [0.717, 1.165) is 19.3 Å². The Bertz CT molecular complexity index is 297. The van der Waals surface area contributed by atoms with Crippen LogP contribution in [0.3, 0.4) is 0 Å². The van der Waals surface area contributed by atoms with Crippen LogP contribution in [-0.4, -0.2) is 5.78 Å². The number of Topliss-reactive ketones (excluding diaryl/α,β-unsaturated/α-hetero) is 1. The highest BCUT2D eigenvalue weighted by atomic mass is 16.1. The molecular weight excluding hydrogens is 328 g/mol. The van der Waals surface area contributed by atoms with Gasteiger partial charge in [0.25, 0.3) is 0 Å². The molecule has 0 saturated carbocycles. The van der Waals surface area contributed by atoms with Gasteiger partial charge in [-0.3, -0.25) is 4.79 Å². The molecule has 0 fully saturated rings. The van der Waals surface area contributed by atoms with Gasteiger partial charge in [0.2, 0.25) is 0 Å². The summed E-state index contributed by atoms with van der Waals surface area (Å²) in [6, 6.07) is 0. The maximum absolute atomic E-state index is 12.2. The first kappa shape index (κ1) is 26.7. The monoisotopic (exact) mass is 380 g/mol. The molecule has 0 saturated heterocycles. The summed E-state index contributed by atoms with van der Waals surface area (Å²) >= 11 is 0. The van der Waals surface area contributed by atoms with E-state index in [2.05, 4.69) is 13.8 Å². The molecule has 1 nitrogen and oxygen atoms in total. The van der Waals surface area contributed by atoms with E-state index in [9.17, 15) is 4.79 Å². The molecule has 0 aliphatic rings. The largest absolute Gasteiger partial charge is 0.299 e. The van der Waals surface area contributed by atoms with Gasteiger partial charge in [-0.1, -0.05) is 136 Å². The van der Waals surface area contributed by atoms with E-state index >= 15 is 0 Å². The maximum atomic E-state index is 12.2. The van der Waals surface area contributed by atoms with Gasteiger partial charge in [0, 0.05) is 12.3 Å². The van der Waals surface area contributed by atoms with Crippen molar-refractivity contribution < 1.29 is 4.79 Å². The number of rotatable bonds is 22. The van der Waals surface area contributed by atoms with E-state index in [4.69, 9.17) is 0 Å². The van der Waals surface area contributed by atoms with Crippen molar-refractivity contribution in [1.29, 1.82) is 0 Å². The Morgan fingerprint density at radius 2 is 0.778 bits per heavy atom. The van der Waals surface area contributed by atoms with E-state index in [0.29, 0.717) is 11.7 Å². The zero-order valence-electron chi connectivity index (χ0n) is 19.3. The smallest absolute Gasteiger partial charge is 0.135 e. The molecule has 0 aromatic heterocycles. The zero-order chi connectivity index (χ0) is 20.0. The minimum absolute atomic E-state index is 0.365. The molecule has 0 spiro atoms. The summed E-state index contributed by atoms with van der Waals surface area (Å²) < 4.78 is 0. The van der Waals surface area contributed by atoms with Gasteiger partial charge < -0.3 is 0 Å². The van der Waals surface area contributed by atoms with Gasteiger partial charge in [0.15, 0.2) is 0 Å². The lowest BCUT2D eigenvalue weighted by Crippen LogP contribution is -2.13. The molecular formula is C26H52O.